The van der Waals surface area contributed by atoms with Crippen molar-refractivity contribution in [2.75, 3.05) is 6.61 Å². The molecule has 0 aliphatic heterocycles. The number of ether oxygens (including phenoxy) is 1. The van der Waals surface area contributed by atoms with Crippen molar-refractivity contribution in [3.8, 4) is 11.1 Å². The SMILES string of the molecule is C=CC[C@](CC(=O)O)(NC(=O)OCC1c2ccccc2-c2ccccc21)C(=O)O. The van der Waals surface area contributed by atoms with E-state index in [2.05, 4.69) is 11.9 Å². The van der Waals surface area contributed by atoms with Gasteiger partial charge in [0, 0.05) is 5.92 Å². The first-order valence-corrected chi connectivity index (χ1v) is 9.07. The first kappa shape index (κ1) is 20.1. The number of alkyl carbamates (subject to hydrolysis) is 1. The molecule has 0 saturated carbocycles. The second-order valence-electron chi connectivity index (χ2n) is 6.90. The number of amides is 1. The standard InChI is InChI=1S/C22H21NO6/c1-2-11-22(20(26)27,12-19(24)25)23-21(28)29-13-18-16-9-5-3-7-14(16)15-8-4-6-10-17(15)18/h2-10,18H,1,11-13H2,(H,23,28)(H,24,25)(H,26,27)/t22-/m1/s1. The van der Waals surface area contributed by atoms with E-state index in [1.54, 1.807) is 0 Å². The lowest BCUT2D eigenvalue weighted by atomic mass is 9.91. The van der Waals surface area contributed by atoms with Crippen LogP contribution in [0.25, 0.3) is 11.1 Å². The van der Waals surface area contributed by atoms with Crippen molar-refractivity contribution in [2.45, 2.75) is 24.3 Å². The van der Waals surface area contributed by atoms with Crippen LogP contribution in [0, 0.1) is 0 Å². The number of benzene rings is 2. The summed E-state index contributed by atoms with van der Waals surface area (Å²) in [4.78, 5) is 35.2. The molecule has 1 aliphatic carbocycles. The zero-order valence-electron chi connectivity index (χ0n) is 15.6. The molecule has 1 amide bonds. The van der Waals surface area contributed by atoms with Crippen LogP contribution in [-0.2, 0) is 14.3 Å². The Morgan fingerprint density at radius 1 is 1.03 bits per heavy atom. The molecule has 2 aromatic carbocycles. The van der Waals surface area contributed by atoms with Crippen LogP contribution in [0.3, 0.4) is 0 Å². The molecule has 0 unspecified atom stereocenters. The molecular weight excluding hydrogens is 374 g/mol. The maximum absolute atomic E-state index is 12.4. The second kappa shape index (κ2) is 8.18. The highest BCUT2D eigenvalue weighted by Crippen LogP contribution is 2.44. The van der Waals surface area contributed by atoms with Crippen molar-refractivity contribution in [2.24, 2.45) is 0 Å². The average molecular weight is 395 g/mol. The van der Waals surface area contributed by atoms with Crippen LogP contribution in [0.1, 0.15) is 29.9 Å². The predicted octanol–water partition coefficient (Wildman–Crippen LogP) is 3.40. The van der Waals surface area contributed by atoms with Gasteiger partial charge in [-0.15, -0.1) is 6.58 Å². The van der Waals surface area contributed by atoms with E-state index in [-0.39, 0.29) is 18.9 Å². The number of carbonyl (C=O) groups excluding carboxylic acids is 1. The fraction of sp³-hybridized carbons (Fsp3) is 0.227. The Hall–Kier alpha value is -3.61. The molecule has 29 heavy (non-hydrogen) atoms. The number of aliphatic carboxylic acids is 2. The lowest BCUT2D eigenvalue weighted by molar-refractivity contribution is -0.151. The highest BCUT2D eigenvalue weighted by molar-refractivity contribution is 5.89. The number of carboxylic acid groups (broad SMARTS) is 2. The molecule has 0 spiro atoms. The molecule has 0 aromatic heterocycles. The number of rotatable bonds is 8. The Kier molecular flexibility index (Phi) is 5.68. The van der Waals surface area contributed by atoms with E-state index in [0.717, 1.165) is 22.3 Å². The monoisotopic (exact) mass is 395 g/mol. The van der Waals surface area contributed by atoms with Gasteiger partial charge in [0.15, 0.2) is 5.54 Å². The summed E-state index contributed by atoms with van der Waals surface area (Å²) in [5.41, 5.74) is 2.14. The predicted molar refractivity (Wildman–Crippen MR) is 106 cm³/mol. The molecule has 7 nitrogen and oxygen atoms in total. The van der Waals surface area contributed by atoms with Gasteiger partial charge in [-0.25, -0.2) is 9.59 Å². The van der Waals surface area contributed by atoms with Crippen molar-refractivity contribution in [1.82, 2.24) is 5.32 Å². The van der Waals surface area contributed by atoms with Crippen LogP contribution in [0.15, 0.2) is 61.2 Å². The number of carbonyl (C=O) groups is 3. The van der Waals surface area contributed by atoms with Crippen molar-refractivity contribution >= 4 is 18.0 Å². The molecule has 0 fully saturated rings. The van der Waals surface area contributed by atoms with Gasteiger partial charge in [0.25, 0.3) is 0 Å². The van der Waals surface area contributed by atoms with E-state index >= 15 is 0 Å². The Morgan fingerprint density at radius 3 is 2.07 bits per heavy atom. The molecule has 7 heteroatoms. The van der Waals surface area contributed by atoms with Gasteiger partial charge >= 0.3 is 18.0 Å². The molecular formula is C22H21NO6. The van der Waals surface area contributed by atoms with Crippen molar-refractivity contribution in [3.05, 3.63) is 72.3 Å². The minimum Gasteiger partial charge on any atom is -0.481 e. The van der Waals surface area contributed by atoms with Crippen LogP contribution in [0.4, 0.5) is 4.79 Å². The molecule has 2 aromatic rings. The molecule has 0 heterocycles. The number of fused-ring (bicyclic) bond motifs is 3. The Labute approximate surface area is 167 Å². The molecule has 1 atom stereocenters. The van der Waals surface area contributed by atoms with Gasteiger partial charge in [0.05, 0.1) is 6.42 Å². The van der Waals surface area contributed by atoms with E-state index in [1.807, 2.05) is 48.5 Å². The van der Waals surface area contributed by atoms with Crippen molar-refractivity contribution in [1.29, 1.82) is 0 Å². The van der Waals surface area contributed by atoms with Crippen LogP contribution >= 0.6 is 0 Å². The quantitative estimate of drug-likeness (QED) is 0.591. The van der Waals surface area contributed by atoms with Gasteiger partial charge in [-0.2, -0.15) is 0 Å². The number of hydrogen-bond acceptors (Lipinski definition) is 4. The van der Waals surface area contributed by atoms with E-state index in [1.165, 1.54) is 6.08 Å². The molecule has 0 radical (unpaired) electrons. The van der Waals surface area contributed by atoms with Crippen LogP contribution in [-0.4, -0.2) is 40.4 Å². The van der Waals surface area contributed by atoms with Gasteiger partial charge in [-0.05, 0) is 28.7 Å². The van der Waals surface area contributed by atoms with Gasteiger partial charge in [-0.3, -0.25) is 4.79 Å². The Morgan fingerprint density at radius 2 is 1.59 bits per heavy atom. The van der Waals surface area contributed by atoms with Crippen LogP contribution < -0.4 is 5.32 Å². The zero-order chi connectivity index (χ0) is 21.0. The van der Waals surface area contributed by atoms with Crippen molar-refractivity contribution in [3.63, 3.8) is 0 Å². The van der Waals surface area contributed by atoms with Gasteiger partial charge in [0.1, 0.15) is 6.61 Å². The van der Waals surface area contributed by atoms with Gasteiger partial charge in [0.2, 0.25) is 0 Å². The molecule has 0 bridgehead atoms. The van der Waals surface area contributed by atoms with Gasteiger partial charge in [-0.1, -0.05) is 54.6 Å². The first-order valence-electron chi connectivity index (χ1n) is 9.07. The molecule has 1 aliphatic rings. The topological polar surface area (TPSA) is 113 Å². The summed E-state index contributed by atoms with van der Waals surface area (Å²) < 4.78 is 5.33. The van der Waals surface area contributed by atoms with E-state index < -0.39 is 30.0 Å². The maximum Gasteiger partial charge on any atom is 0.408 e. The van der Waals surface area contributed by atoms with E-state index in [0.29, 0.717) is 0 Å². The molecule has 3 N–H and O–H groups in total. The van der Waals surface area contributed by atoms with Crippen LogP contribution in [0.5, 0.6) is 0 Å². The number of carboxylic acids is 2. The summed E-state index contributed by atoms with van der Waals surface area (Å²) >= 11 is 0. The second-order valence-corrected chi connectivity index (χ2v) is 6.90. The third kappa shape index (κ3) is 3.99. The molecule has 3 rings (SSSR count). The minimum atomic E-state index is -2.02. The van der Waals surface area contributed by atoms with Crippen molar-refractivity contribution < 1.29 is 29.3 Å². The van der Waals surface area contributed by atoms with E-state index in [9.17, 15) is 19.5 Å². The largest absolute Gasteiger partial charge is 0.481 e. The molecule has 150 valence electrons. The third-order valence-electron chi connectivity index (χ3n) is 5.04. The Balaban J connectivity index is 1.77. The lowest BCUT2D eigenvalue weighted by Crippen LogP contribution is -2.55. The Bertz CT molecular complexity index is 924. The van der Waals surface area contributed by atoms with E-state index in [4.69, 9.17) is 9.84 Å². The minimum absolute atomic E-state index is 0.00325. The van der Waals surface area contributed by atoms with Gasteiger partial charge < -0.3 is 20.3 Å². The fourth-order valence-electron chi connectivity index (χ4n) is 3.72. The number of nitrogens with one attached hydrogen (secondary N) is 1. The highest BCUT2D eigenvalue weighted by atomic mass is 16.5. The molecule has 0 saturated heterocycles. The normalized spacial score (nSPS) is 14.2. The summed E-state index contributed by atoms with van der Waals surface area (Å²) in [5.74, 6) is -3.01. The third-order valence-corrected chi connectivity index (χ3v) is 5.04. The summed E-state index contributed by atoms with van der Waals surface area (Å²) in [5, 5.41) is 20.8. The summed E-state index contributed by atoms with van der Waals surface area (Å²) in [6, 6.07) is 15.6. The average Bonchev–Trinajstić information content (AvgIpc) is 3.00. The zero-order valence-corrected chi connectivity index (χ0v) is 15.6. The summed E-state index contributed by atoms with van der Waals surface area (Å²) in [6.45, 7) is 3.45. The number of hydrogen-bond donors (Lipinski definition) is 3. The first-order chi connectivity index (χ1) is 13.9. The lowest BCUT2D eigenvalue weighted by Gasteiger charge is -2.27. The summed E-state index contributed by atoms with van der Waals surface area (Å²) in [7, 11) is 0. The smallest absolute Gasteiger partial charge is 0.408 e. The van der Waals surface area contributed by atoms with Crippen LogP contribution in [0.2, 0.25) is 0 Å². The maximum atomic E-state index is 12.4. The highest BCUT2D eigenvalue weighted by Gasteiger charge is 2.42. The fourth-order valence-corrected chi connectivity index (χ4v) is 3.72. The summed E-state index contributed by atoms with van der Waals surface area (Å²) in [6.07, 6.45) is -0.782.